The summed E-state index contributed by atoms with van der Waals surface area (Å²) < 4.78 is 18.8. The van der Waals surface area contributed by atoms with Gasteiger partial charge in [0.15, 0.2) is 6.10 Å². The first kappa shape index (κ1) is 14.3. The standard InChI is InChI=1S/C17H17FO2/c1-11-4-7-14(8-5-11)17(19)13(3)20-16-10-15(18)9-6-12(16)2/h4-10,13H,1-3H3. The first-order chi connectivity index (χ1) is 9.47. The van der Waals surface area contributed by atoms with Crippen molar-refractivity contribution in [3.05, 3.63) is 65.0 Å². The first-order valence-corrected chi connectivity index (χ1v) is 6.51. The van der Waals surface area contributed by atoms with E-state index < -0.39 is 6.10 Å². The summed E-state index contributed by atoms with van der Waals surface area (Å²) in [6, 6.07) is 11.6. The van der Waals surface area contributed by atoms with Gasteiger partial charge in [-0.05, 0) is 32.4 Å². The number of ether oxygens (including phenoxy) is 1. The van der Waals surface area contributed by atoms with E-state index in [9.17, 15) is 9.18 Å². The Bertz CT molecular complexity index is 617. The van der Waals surface area contributed by atoms with Gasteiger partial charge in [-0.15, -0.1) is 0 Å². The molecule has 2 aromatic rings. The fourth-order valence-electron chi connectivity index (χ4n) is 1.90. The summed E-state index contributed by atoms with van der Waals surface area (Å²) in [6.45, 7) is 5.45. The minimum absolute atomic E-state index is 0.117. The average molecular weight is 272 g/mol. The molecule has 0 spiro atoms. The Kier molecular flexibility index (Phi) is 4.18. The molecule has 2 aromatic carbocycles. The van der Waals surface area contributed by atoms with E-state index in [1.54, 1.807) is 25.1 Å². The Morgan fingerprint density at radius 3 is 2.40 bits per heavy atom. The average Bonchev–Trinajstić information content (AvgIpc) is 2.43. The van der Waals surface area contributed by atoms with Gasteiger partial charge in [0, 0.05) is 11.6 Å². The molecule has 0 aliphatic heterocycles. The zero-order chi connectivity index (χ0) is 14.7. The number of benzene rings is 2. The highest BCUT2D eigenvalue weighted by Gasteiger charge is 2.17. The van der Waals surface area contributed by atoms with E-state index in [-0.39, 0.29) is 11.6 Å². The predicted octanol–water partition coefficient (Wildman–Crippen LogP) is 4.09. The minimum Gasteiger partial charge on any atom is -0.482 e. The van der Waals surface area contributed by atoms with Gasteiger partial charge in [-0.25, -0.2) is 4.39 Å². The van der Waals surface area contributed by atoms with E-state index in [0.717, 1.165) is 11.1 Å². The monoisotopic (exact) mass is 272 g/mol. The molecule has 0 amide bonds. The third kappa shape index (κ3) is 3.23. The first-order valence-electron chi connectivity index (χ1n) is 6.51. The largest absolute Gasteiger partial charge is 0.482 e. The van der Waals surface area contributed by atoms with Crippen molar-refractivity contribution >= 4 is 5.78 Å². The van der Waals surface area contributed by atoms with Crippen LogP contribution in [0.15, 0.2) is 42.5 Å². The zero-order valence-electron chi connectivity index (χ0n) is 11.8. The van der Waals surface area contributed by atoms with Crippen molar-refractivity contribution in [2.75, 3.05) is 0 Å². The molecule has 2 nitrogen and oxygen atoms in total. The number of halogens is 1. The quantitative estimate of drug-likeness (QED) is 0.783. The molecule has 20 heavy (non-hydrogen) atoms. The lowest BCUT2D eigenvalue weighted by molar-refractivity contribution is 0.0816. The lowest BCUT2D eigenvalue weighted by Crippen LogP contribution is -2.24. The molecule has 0 heterocycles. The topological polar surface area (TPSA) is 26.3 Å². The fraction of sp³-hybridized carbons (Fsp3) is 0.235. The Hall–Kier alpha value is -2.16. The fourth-order valence-corrected chi connectivity index (χ4v) is 1.90. The van der Waals surface area contributed by atoms with Gasteiger partial charge in [0.05, 0.1) is 0 Å². The van der Waals surface area contributed by atoms with Crippen LogP contribution in [-0.4, -0.2) is 11.9 Å². The van der Waals surface area contributed by atoms with Crippen molar-refractivity contribution in [3.8, 4) is 5.75 Å². The van der Waals surface area contributed by atoms with Crippen LogP contribution in [0.1, 0.15) is 28.4 Å². The van der Waals surface area contributed by atoms with Crippen LogP contribution in [0.5, 0.6) is 5.75 Å². The number of Topliss-reactive ketones (excluding diaryl/α,β-unsaturated/α-hetero) is 1. The summed E-state index contributed by atoms with van der Waals surface area (Å²) in [5, 5.41) is 0. The summed E-state index contributed by atoms with van der Waals surface area (Å²) >= 11 is 0. The molecule has 2 rings (SSSR count). The molecule has 0 saturated heterocycles. The van der Waals surface area contributed by atoms with Crippen LogP contribution in [0.4, 0.5) is 4.39 Å². The Morgan fingerprint density at radius 2 is 1.75 bits per heavy atom. The van der Waals surface area contributed by atoms with Crippen LogP contribution in [-0.2, 0) is 0 Å². The third-order valence-electron chi connectivity index (χ3n) is 3.16. The van der Waals surface area contributed by atoms with E-state index in [1.165, 1.54) is 12.1 Å². The van der Waals surface area contributed by atoms with Crippen molar-refractivity contribution in [2.24, 2.45) is 0 Å². The van der Waals surface area contributed by atoms with Crippen molar-refractivity contribution in [2.45, 2.75) is 26.9 Å². The van der Waals surface area contributed by atoms with Gasteiger partial charge in [-0.1, -0.05) is 35.9 Å². The third-order valence-corrected chi connectivity index (χ3v) is 3.16. The molecule has 1 atom stereocenters. The van der Waals surface area contributed by atoms with Crippen LogP contribution in [0, 0.1) is 19.7 Å². The summed E-state index contributed by atoms with van der Waals surface area (Å²) in [4.78, 5) is 12.2. The molecule has 0 aliphatic rings. The number of hydrogen-bond acceptors (Lipinski definition) is 2. The van der Waals surface area contributed by atoms with Gasteiger partial charge >= 0.3 is 0 Å². The highest BCUT2D eigenvalue weighted by molar-refractivity contribution is 5.99. The minimum atomic E-state index is -0.654. The lowest BCUT2D eigenvalue weighted by Gasteiger charge is -2.15. The van der Waals surface area contributed by atoms with Gasteiger partial charge in [0.1, 0.15) is 11.6 Å². The second kappa shape index (κ2) is 5.87. The molecule has 3 heteroatoms. The summed E-state index contributed by atoms with van der Waals surface area (Å²) in [7, 11) is 0. The highest BCUT2D eigenvalue weighted by atomic mass is 19.1. The van der Waals surface area contributed by atoms with Crippen molar-refractivity contribution < 1.29 is 13.9 Å². The van der Waals surface area contributed by atoms with Crippen molar-refractivity contribution in [1.82, 2.24) is 0 Å². The molecule has 0 aromatic heterocycles. The zero-order valence-corrected chi connectivity index (χ0v) is 11.8. The van der Waals surface area contributed by atoms with E-state index >= 15 is 0 Å². The number of carbonyl (C=O) groups is 1. The molecule has 0 radical (unpaired) electrons. The molecule has 1 unspecified atom stereocenters. The maximum atomic E-state index is 13.2. The summed E-state index contributed by atoms with van der Waals surface area (Å²) in [5.74, 6) is -0.0905. The van der Waals surface area contributed by atoms with Gasteiger partial charge < -0.3 is 4.74 Å². The van der Waals surface area contributed by atoms with Crippen molar-refractivity contribution in [1.29, 1.82) is 0 Å². The normalized spacial score (nSPS) is 12.0. The number of ketones is 1. The molecular formula is C17H17FO2. The molecule has 0 N–H and O–H groups in total. The second-order valence-corrected chi connectivity index (χ2v) is 4.90. The Labute approximate surface area is 118 Å². The number of aryl methyl sites for hydroxylation is 2. The molecule has 0 fully saturated rings. The van der Waals surface area contributed by atoms with E-state index in [0.29, 0.717) is 11.3 Å². The molecule has 0 saturated carbocycles. The Morgan fingerprint density at radius 1 is 1.10 bits per heavy atom. The van der Waals surface area contributed by atoms with Gasteiger partial charge in [0.2, 0.25) is 5.78 Å². The molecular weight excluding hydrogens is 255 g/mol. The van der Waals surface area contributed by atoms with E-state index in [2.05, 4.69) is 0 Å². The van der Waals surface area contributed by atoms with E-state index in [4.69, 9.17) is 4.74 Å². The molecule has 0 bridgehead atoms. The Balaban J connectivity index is 2.15. The van der Waals surface area contributed by atoms with Gasteiger partial charge in [0.25, 0.3) is 0 Å². The van der Waals surface area contributed by atoms with Crippen LogP contribution < -0.4 is 4.74 Å². The van der Waals surface area contributed by atoms with Crippen LogP contribution in [0.2, 0.25) is 0 Å². The summed E-state index contributed by atoms with van der Waals surface area (Å²) in [5.41, 5.74) is 2.49. The maximum absolute atomic E-state index is 13.2. The highest BCUT2D eigenvalue weighted by Crippen LogP contribution is 2.21. The lowest BCUT2D eigenvalue weighted by atomic mass is 10.1. The van der Waals surface area contributed by atoms with Crippen LogP contribution >= 0.6 is 0 Å². The van der Waals surface area contributed by atoms with E-state index in [1.807, 2.05) is 26.0 Å². The number of carbonyl (C=O) groups excluding carboxylic acids is 1. The van der Waals surface area contributed by atoms with Crippen LogP contribution in [0.3, 0.4) is 0 Å². The molecule has 0 aliphatic carbocycles. The SMILES string of the molecule is Cc1ccc(C(=O)C(C)Oc2cc(F)ccc2C)cc1. The van der Waals surface area contributed by atoms with Gasteiger partial charge in [-0.2, -0.15) is 0 Å². The maximum Gasteiger partial charge on any atom is 0.202 e. The molecule has 104 valence electrons. The predicted molar refractivity (Wildman–Crippen MR) is 76.7 cm³/mol. The number of rotatable bonds is 4. The summed E-state index contributed by atoms with van der Waals surface area (Å²) in [6.07, 6.45) is -0.654. The number of hydrogen-bond donors (Lipinski definition) is 0. The van der Waals surface area contributed by atoms with Gasteiger partial charge in [-0.3, -0.25) is 4.79 Å². The van der Waals surface area contributed by atoms with Crippen LogP contribution in [0.25, 0.3) is 0 Å². The van der Waals surface area contributed by atoms with Crippen molar-refractivity contribution in [3.63, 3.8) is 0 Å². The smallest absolute Gasteiger partial charge is 0.202 e. The second-order valence-electron chi connectivity index (χ2n) is 4.90.